The Bertz CT molecular complexity index is 2170. The molecule has 2 heteroatoms. The summed E-state index contributed by atoms with van der Waals surface area (Å²) in [6.45, 7) is 0. The van der Waals surface area contributed by atoms with Crippen molar-refractivity contribution in [3.63, 3.8) is 0 Å². The lowest BCUT2D eigenvalue weighted by Crippen LogP contribution is -2.10. The van der Waals surface area contributed by atoms with Crippen molar-refractivity contribution >= 4 is 49.8 Å². The minimum Gasteiger partial charge on any atom is -0.456 e. The molecular formula is C40H27NO. The fourth-order valence-electron chi connectivity index (χ4n) is 6.08. The highest BCUT2D eigenvalue weighted by molar-refractivity contribution is 6.10. The van der Waals surface area contributed by atoms with Crippen LogP contribution in [0.3, 0.4) is 0 Å². The van der Waals surface area contributed by atoms with Crippen LogP contribution < -0.4 is 4.90 Å². The normalized spacial score (nSPS) is 11.3. The van der Waals surface area contributed by atoms with Gasteiger partial charge in [0.25, 0.3) is 0 Å². The van der Waals surface area contributed by atoms with E-state index < -0.39 is 0 Å². The van der Waals surface area contributed by atoms with Gasteiger partial charge >= 0.3 is 0 Å². The van der Waals surface area contributed by atoms with Crippen LogP contribution in [-0.2, 0) is 0 Å². The maximum absolute atomic E-state index is 6.17. The van der Waals surface area contributed by atoms with Gasteiger partial charge in [-0.25, -0.2) is 0 Å². The minimum atomic E-state index is 0.894. The molecule has 0 aliphatic heterocycles. The second kappa shape index (κ2) is 10.1. The zero-order valence-electron chi connectivity index (χ0n) is 22.9. The Morgan fingerprint density at radius 1 is 0.405 bits per heavy atom. The van der Waals surface area contributed by atoms with Crippen LogP contribution in [0.2, 0.25) is 0 Å². The van der Waals surface area contributed by atoms with Crippen molar-refractivity contribution in [2.24, 2.45) is 0 Å². The van der Waals surface area contributed by atoms with E-state index in [-0.39, 0.29) is 0 Å². The Kier molecular flexibility index (Phi) is 5.82. The van der Waals surface area contributed by atoms with Crippen LogP contribution in [0.4, 0.5) is 17.1 Å². The Balaban J connectivity index is 1.34. The third-order valence-electron chi connectivity index (χ3n) is 8.06. The third-order valence-corrected chi connectivity index (χ3v) is 8.06. The SMILES string of the molecule is c1ccc(-c2ccc(-c3cccc4cccc(N(c5ccccc5)c5ccc6oc7ccccc7c6c5)c34)cc2)cc1. The zero-order chi connectivity index (χ0) is 27.9. The molecule has 7 aromatic carbocycles. The molecule has 1 aromatic heterocycles. The van der Waals surface area contributed by atoms with Crippen LogP contribution in [-0.4, -0.2) is 0 Å². The van der Waals surface area contributed by atoms with Crippen molar-refractivity contribution in [3.05, 3.63) is 164 Å². The summed E-state index contributed by atoms with van der Waals surface area (Å²) in [4.78, 5) is 2.37. The smallest absolute Gasteiger partial charge is 0.135 e. The first-order chi connectivity index (χ1) is 20.8. The largest absolute Gasteiger partial charge is 0.456 e. The van der Waals surface area contributed by atoms with Gasteiger partial charge in [0.1, 0.15) is 11.2 Å². The summed E-state index contributed by atoms with van der Waals surface area (Å²) in [6, 6.07) is 58.0. The van der Waals surface area contributed by atoms with E-state index in [2.05, 4.69) is 157 Å². The highest BCUT2D eigenvalue weighted by Crippen LogP contribution is 2.44. The van der Waals surface area contributed by atoms with E-state index in [1.807, 2.05) is 12.1 Å². The Labute approximate surface area is 244 Å². The summed E-state index contributed by atoms with van der Waals surface area (Å²) in [5.41, 5.74) is 9.95. The molecule has 0 amide bonds. The number of furan rings is 1. The van der Waals surface area contributed by atoms with Crippen LogP contribution >= 0.6 is 0 Å². The Morgan fingerprint density at radius 2 is 1.05 bits per heavy atom. The van der Waals surface area contributed by atoms with Gasteiger partial charge in [-0.2, -0.15) is 0 Å². The minimum absolute atomic E-state index is 0.894. The number of anilines is 3. The highest BCUT2D eigenvalue weighted by atomic mass is 16.3. The topological polar surface area (TPSA) is 16.4 Å². The fraction of sp³-hybridized carbons (Fsp3) is 0. The first-order valence-electron chi connectivity index (χ1n) is 14.3. The zero-order valence-corrected chi connectivity index (χ0v) is 22.9. The molecular weight excluding hydrogens is 510 g/mol. The van der Waals surface area contributed by atoms with Crippen LogP contribution in [0.5, 0.6) is 0 Å². The van der Waals surface area contributed by atoms with Crippen molar-refractivity contribution in [3.8, 4) is 22.3 Å². The quantitative estimate of drug-likeness (QED) is 0.217. The molecule has 0 radical (unpaired) electrons. The molecule has 198 valence electrons. The molecule has 0 bridgehead atoms. The number of benzene rings is 7. The number of para-hydroxylation sites is 2. The summed E-state index contributed by atoms with van der Waals surface area (Å²) in [6.07, 6.45) is 0. The van der Waals surface area contributed by atoms with Crippen LogP contribution in [0.15, 0.2) is 168 Å². The molecule has 0 saturated carbocycles. The monoisotopic (exact) mass is 537 g/mol. The van der Waals surface area contributed by atoms with Crippen molar-refractivity contribution in [1.82, 2.24) is 0 Å². The van der Waals surface area contributed by atoms with E-state index in [1.165, 1.54) is 33.0 Å². The molecule has 0 fully saturated rings. The van der Waals surface area contributed by atoms with Crippen LogP contribution in [0.1, 0.15) is 0 Å². The first kappa shape index (κ1) is 24.2. The van der Waals surface area contributed by atoms with Gasteiger partial charge < -0.3 is 9.32 Å². The van der Waals surface area contributed by atoms with Gasteiger partial charge in [0, 0.05) is 27.5 Å². The number of hydrogen-bond donors (Lipinski definition) is 0. The summed E-state index contributed by atoms with van der Waals surface area (Å²) in [7, 11) is 0. The number of fused-ring (bicyclic) bond motifs is 4. The van der Waals surface area contributed by atoms with Crippen molar-refractivity contribution in [1.29, 1.82) is 0 Å². The van der Waals surface area contributed by atoms with Crippen molar-refractivity contribution < 1.29 is 4.42 Å². The number of hydrogen-bond acceptors (Lipinski definition) is 2. The Morgan fingerprint density at radius 3 is 1.86 bits per heavy atom. The third kappa shape index (κ3) is 4.13. The lowest BCUT2D eigenvalue weighted by Gasteiger charge is -2.28. The molecule has 2 nitrogen and oxygen atoms in total. The maximum Gasteiger partial charge on any atom is 0.135 e. The molecule has 0 saturated heterocycles. The second-order valence-corrected chi connectivity index (χ2v) is 10.6. The van der Waals surface area contributed by atoms with Crippen molar-refractivity contribution in [2.75, 3.05) is 4.90 Å². The van der Waals surface area contributed by atoms with E-state index in [9.17, 15) is 0 Å². The lowest BCUT2D eigenvalue weighted by molar-refractivity contribution is 0.669. The maximum atomic E-state index is 6.17. The summed E-state index contributed by atoms with van der Waals surface area (Å²) < 4.78 is 6.17. The van der Waals surface area contributed by atoms with Gasteiger partial charge in [-0.05, 0) is 70.1 Å². The molecule has 0 aliphatic carbocycles. The molecule has 0 aliphatic rings. The molecule has 1 heterocycles. The van der Waals surface area contributed by atoms with E-state index in [1.54, 1.807) is 0 Å². The lowest BCUT2D eigenvalue weighted by atomic mass is 9.94. The molecule has 0 spiro atoms. The van der Waals surface area contributed by atoms with E-state index in [0.717, 1.165) is 39.0 Å². The molecule has 42 heavy (non-hydrogen) atoms. The van der Waals surface area contributed by atoms with Gasteiger partial charge in [0.05, 0.1) is 5.69 Å². The van der Waals surface area contributed by atoms with Gasteiger partial charge in [0.15, 0.2) is 0 Å². The predicted molar refractivity (Wildman–Crippen MR) is 177 cm³/mol. The Hall–Kier alpha value is -5.60. The second-order valence-electron chi connectivity index (χ2n) is 10.6. The van der Waals surface area contributed by atoms with Gasteiger partial charge in [-0.15, -0.1) is 0 Å². The van der Waals surface area contributed by atoms with E-state index in [0.29, 0.717) is 0 Å². The summed E-state index contributed by atoms with van der Waals surface area (Å²) >= 11 is 0. The van der Waals surface area contributed by atoms with Gasteiger partial charge in [0.2, 0.25) is 0 Å². The van der Waals surface area contributed by atoms with E-state index >= 15 is 0 Å². The standard InChI is InChI=1S/C40H27NO/c1-3-11-28(12-4-1)29-21-23-30(24-22-29)34-18-9-13-31-14-10-19-37(40(31)34)41(32-15-5-2-6-16-32)33-25-26-39-36(27-33)35-17-7-8-20-38(35)42-39/h1-27H. The molecule has 0 N–H and O–H groups in total. The molecule has 8 rings (SSSR count). The van der Waals surface area contributed by atoms with Crippen LogP contribution in [0.25, 0.3) is 55.0 Å². The average molecular weight is 538 g/mol. The fourth-order valence-corrected chi connectivity index (χ4v) is 6.08. The molecule has 8 aromatic rings. The van der Waals surface area contributed by atoms with Gasteiger partial charge in [-0.3, -0.25) is 0 Å². The average Bonchev–Trinajstić information content (AvgIpc) is 3.44. The molecule has 0 atom stereocenters. The first-order valence-corrected chi connectivity index (χ1v) is 14.3. The summed E-state index contributed by atoms with van der Waals surface area (Å²) in [5, 5.41) is 4.65. The van der Waals surface area contributed by atoms with Crippen molar-refractivity contribution in [2.45, 2.75) is 0 Å². The highest BCUT2D eigenvalue weighted by Gasteiger charge is 2.19. The summed E-state index contributed by atoms with van der Waals surface area (Å²) in [5.74, 6) is 0. The molecule has 0 unspecified atom stereocenters. The van der Waals surface area contributed by atoms with Gasteiger partial charge in [-0.1, -0.05) is 121 Å². The number of nitrogens with zero attached hydrogens (tertiary/aromatic N) is 1. The predicted octanol–water partition coefficient (Wildman–Crippen LogP) is 11.5. The van der Waals surface area contributed by atoms with E-state index in [4.69, 9.17) is 4.42 Å². The number of rotatable bonds is 5. The van der Waals surface area contributed by atoms with Crippen LogP contribution in [0, 0.1) is 0 Å².